The predicted octanol–water partition coefficient (Wildman–Crippen LogP) is 0.954. The van der Waals surface area contributed by atoms with Crippen LogP contribution in [0.3, 0.4) is 0 Å². The monoisotopic (exact) mass is 304 g/mol. The minimum Gasteiger partial charge on any atom is -0.395 e. The van der Waals surface area contributed by atoms with Gasteiger partial charge < -0.3 is 14.7 Å². The number of rotatable bonds is 7. The van der Waals surface area contributed by atoms with E-state index in [0.29, 0.717) is 12.1 Å². The van der Waals surface area contributed by atoms with Crippen molar-refractivity contribution in [1.82, 2.24) is 4.90 Å². The molecule has 0 radical (unpaired) electrons. The number of nitrogens with zero attached hydrogens (tertiary/aromatic N) is 2. The van der Waals surface area contributed by atoms with E-state index in [-0.39, 0.29) is 26.3 Å². The third-order valence-corrected chi connectivity index (χ3v) is 2.69. The minimum atomic E-state index is -1.41. The number of benzene rings is 1. The number of aliphatic hydroxyl groups is 1. The number of halogens is 2. The highest BCUT2D eigenvalue weighted by Crippen LogP contribution is 2.23. The molecule has 9 heteroatoms. The molecule has 116 valence electrons. The Hall–Kier alpha value is -2.13. The van der Waals surface area contributed by atoms with Gasteiger partial charge in [-0.1, -0.05) is 0 Å². The molecule has 0 aliphatic carbocycles. The fourth-order valence-electron chi connectivity index (χ4n) is 1.67. The summed E-state index contributed by atoms with van der Waals surface area (Å²) in [7, 11) is 1.39. The number of hydrogen-bond acceptors (Lipinski definition) is 5. The molecule has 1 rings (SSSR count). The second kappa shape index (κ2) is 7.60. The number of carbonyl (C=O) groups is 1. The summed E-state index contributed by atoms with van der Waals surface area (Å²) in [6.07, 6.45) is 0. The van der Waals surface area contributed by atoms with Crippen LogP contribution in [0.5, 0.6) is 0 Å². The molecule has 1 aromatic rings. The Morgan fingerprint density at radius 1 is 1.38 bits per heavy atom. The highest BCUT2D eigenvalue weighted by Gasteiger charge is 2.27. The van der Waals surface area contributed by atoms with E-state index in [1.165, 1.54) is 7.11 Å². The fourth-order valence-corrected chi connectivity index (χ4v) is 1.67. The molecule has 0 atom stereocenters. The summed E-state index contributed by atoms with van der Waals surface area (Å²) in [5, 5.41) is 19.8. The van der Waals surface area contributed by atoms with Crippen LogP contribution in [0.1, 0.15) is 10.4 Å². The summed E-state index contributed by atoms with van der Waals surface area (Å²) < 4.78 is 31.1. The van der Waals surface area contributed by atoms with Gasteiger partial charge in [0.25, 0.3) is 11.6 Å². The number of amides is 1. The molecule has 0 spiro atoms. The molecule has 1 aromatic carbocycles. The van der Waals surface area contributed by atoms with E-state index < -0.39 is 33.7 Å². The Morgan fingerprint density at radius 2 is 2.00 bits per heavy atom. The number of ether oxygens (including phenoxy) is 1. The van der Waals surface area contributed by atoms with Crippen LogP contribution < -0.4 is 0 Å². The number of aliphatic hydroxyl groups excluding tert-OH is 1. The van der Waals surface area contributed by atoms with E-state index in [0.717, 1.165) is 4.90 Å². The maximum Gasteiger partial charge on any atom is 0.285 e. The molecule has 0 bridgehead atoms. The molecule has 0 aliphatic rings. The second-order valence-electron chi connectivity index (χ2n) is 4.05. The highest BCUT2D eigenvalue weighted by molar-refractivity contribution is 5.98. The van der Waals surface area contributed by atoms with Gasteiger partial charge in [0.1, 0.15) is 5.56 Å². The van der Waals surface area contributed by atoms with Crippen molar-refractivity contribution in [3.63, 3.8) is 0 Å². The molecule has 0 fully saturated rings. The molecule has 0 aromatic heterocycles. The van der Waals surface area contributed by atoms with Crippen LogP contribution in [0.15, 0.2) is 12.1 Å². The number of nitro benzene ring substituents is 1. The van der Waals surface area contributed by atoms with Crippen LogP contribution in [-0.2, 0) is 4.74 Å². The van der Waals surface area contributed by atoms with Crippen molar-refractivity contribution < 1.29 is 28.3 Å². The van der Waals surface area contributed by atoms with Crippen molar-refractivity contribution in [1.29, 1.82) is 0 Å². The molecule has 0 saturated carbocycles. The number of carbonyl (C=O) groups excluding carboxylic acids is 1. The van der Waals surface area contributed by atoms with Gasteiger partial charge in [-0.15, -0.1) is 0 Å². The Bertz CT molecular complexity index is 539. The van der Waals surface area contributed by atoms with Crippen LogP contribution in [0.25, 0.3) is 0 Å². The maximum atomic E-state index is 13.2. The lowest BCUT2D eigenvalue weighted by molar-refractivity contribution is -0.385. The lowest BCUT2D eigenvalue weighted by Crippen LogP contribution is -2.36. The molecule has 1 amide bonds. The predicted molar refractivity (Wildman–Crippen MR) is 67.9 cm³/mol. The standard InChI is InChI=1S/C12H14F2N2O5/c1-21-5-3-15(2-4-17)12(18)8-6-9(13)10(14)7-11(8)16(19)20/h6-7,17H,2-5H2,1H3. The van der Waals surface area contributed by atoms with Gasteiger partial charge in [-0.05, 0) is 6.07 Å². The largest absolute Gasteiger partial charge is 0.395 e. The zero-order valence-electron chi connectivity index (χ0n) is 11.2. The lowest BCUT2D eigenvalue weighted by atomic mass is 10.1. The third-order valence-electron chi connectivity index (χ3n) is 2.69. The second-order valence-corrected chi connectivity index (χ2v) is 4.05. The summed E-state index contributed by atoms with van der Waals surface area (Å²) in [6, 6.07) is 0.836. The van der Waals surface area contributed by atoms with E-state index in [1.807, 2.05) is 0 Å². The molecular weight excluding hydrogens is 290 g/mol. The van der Waals surface area contributed by atoms with Crippen molar-refractivity contribution in [2.75, 3.05) is 33.4 Å². The van der Waals surface area contributed by atoms with E-state index in [1.54, 1.807) is 0 Å². The fraction of sp³-hybridized carbons (Fsp3) is 0.417. The first-order valence-electron chi connectivity index (χ1n) is 5.94. The van der Waals surface area contributed by atoms with Crippen LogP contribution in [0, 0.1) is 21.7 Å². The van der Waals surface area contributed by atoms with Crippen LogP contribution >= 0.6 is 0 Å². The first kappa shape index (κ1) is 16.9. The van der Waals surface area contributed by atoms with Gasteiger partial charge in [0.05, 0.1) is 24.2 Å². The van der Waals surface area contributed by atoms with Crippen molar-refractivity contribution in [2.24, 2.45) is 0 Å². The van der Waals surface area contributed by atoms with E-state index in [4.69, 9.17) is 9.84 Å². The Kier molecular flexibility index (Phi) is 6.12. The third kappa shape index (κ3) is 4.17. The Labute approximate surface area is 118 Å². The van der Waals surface area contributed by atoms with Crippen LogP contribution in [-0.4, -0.2) is 54.3 Å². The molecule has 21 heavy (non-hydrogen) atoms. The van der Waals surface area contributed by atoms with Crippen LogP contribution in [0.4, 0.5) is 14.5 Å². The number of methoxy groups -OCH3 is 1. The first-order chi connectivity index (χ1) is 9.92. The molecule has 1 N–H and O–H groups in total. The van der Waals surface area contributed by atoms with Gasteiger partial charge >= 0.3 is 0 Å². The Balaban J connectivity index is 3.19. The van der Waals surface area contributed by atoms with Gasteiger partial charge in [-0.3, -0.25) is 14.9 Å². The summed E-state index contributed by atoms with van der Waals surface area (Å²) >= 11 is 0. The van der Waals surface area contributed by atoms with Crippen LogP contribution in [0.2, 0.25) is 0 Å². The van der Waals surface area contributed by atoms with Gasteiger partial charge in [0.15, 0.2) is 11.6 Å². The molecular formula is C12H14F2N2O5. The highest BCUT2D eigenvalue weighted by atomic mass is 19.2. The summed E-state index contributed by atoms with van der Waals surface area (Å²) in [5.41, 5.74) is -1.41. The number of nitro groups is 1. The summed E-state index contributed by atoms with van der Waals surface area (Å²) in [6.45, 7) is -0.319. The average Bonchev–Trinajstić information content (AvgIpc) is 2.44. The van der Waals surface area contributed by atoms with Crippen molar-refractivity contribution in [3.05, 3.63) is 39.4 Å². The molecule has 0 saturated heterocycles. The summed E-state index contributed by atoms with van der Waals surface area (Å²) in [5.74, 6) is -3.66. The SMILES string of the molecule is COCCN(CCO)C(=O)c1cc(F)c(F)cc1[N+](=O)[O-]. The normalized spacial score (nSPS) is 10.5. The zero-order valence-corrected chi connectivity index (χ0v) is 11.2. The molecule has 7 nitrogen and oxygen atoms in total. The van der Waals surface area contributed by atoms with E-state index in [2.05, 4.69) is 0 Å². The first-order valence-corrected chi connectivity index (χ1v) is 5.94. The maximum absolute atomic E-state index is 13.2. The lowest BCUT2D eigenvalue weighted by Gasteiger charge is -2.21. The molecule has 0 heterocycles. The summed E-state index contributed by atoms with van der Waals surface area (Å²) in [4.78, 5) is 23.1. The van der Waals surface area contributed by atoms with E-state index in [9.17, 15) is 23.7 Å². The topological polar surface area (TPSA) is 92.9 Å². The average molecular weight is 304 g/mol. The minimum absolute atomic E-state index is 0.0477. The van der Waals surface area contributed by atoms with Gasteiger partial charge in [-0.25, -0.2) is 8.78 Å². The Morgan fingerprint density at radius 3 is 2.52 bits per heavy atom. The zero-order chi connectivity index (χ0) is 16.0. The van der Waals surface area contributed by atoms with E-state index >= 15 is 0 Å². The molecule has 0 aliphatic heterocycles. The smallest absolute Gasteiger partial charge is 0.285 e. The quantitative estimate of drug-likeness (QED) is 0.598. The van der Waals surface area contributed by atoms with Crippen molar-refractivity contribution in [3.8, 4) is 0 Å². The number of hydrogen-bond donors (Lipinski definition) is 1. The van der Waals surface area contributed by atoms with Crippen molar-refractivity contribution >= 4 is 11.6 Å². The van der Waals surface area contributed by atoms with Crippen molar-refractivity contribution in [2.45, 2.75) is 0 Å². The van der Waals surface area contributed by atoms with Gasteiger partial charge in [-0.2, -0.15) is 0 Å². The van der Waals surface area contributed by atoms with Gasteiger partial charge in [0, 0.05) is 20.2 Å². The van der Waals surface area contributed by atoms with Gasteiger partial charge in [0.2, 0.25) is 0 Å². The molecule has 0 unspecified atom stereocenters.